The summed E-state index contributed by atoms with van der Waals surface area (Å²) >= 11 is 0. The number of esters is 2. The van der Waals surface area contributed by atoms with Crippen LogP contribution in [0.2, 0.25) is 0 Å². The van der Waals surface area contributed by atoms with Crippen LogP contribution in [0.15, 0.2) is 0 Å². The molecule has 7 nitrogen and oxygen atoms in total. The van der Waals surface area contributed by atoms with Gasteiger partial charge >= 0.3 is 18.1 Å². The number of carbonyl (C=O) groups excluding carboxylic acids is 3. The minimum atomic E-state index is -0.844. The third kappa shape index (κ3) is 11.1. The van der Waals surface area contributed by atoms with Crippen molar-refractivity contribution in [1.82, 2.24) is 0 Å². The SMILES string of the molecule is CC(=O)OCCCOC(=O)OCCOC(=O)C(C)C. The second-order valence-corrected chi connectivity index (χ2v) is 3.96. The van der Waals surface area contributed by atoms with E-state index in [0.717, 1.165) is 0 Å². The molecule has 0 aromatic carbocycles. The van der Waals surface area contributed by atoms with Gasteiger partial charge in [0.05, 0.1) is 19.1 Å². The third-order valence-electron chi connectivity index (χ3n) is 1.83. The van der Waals surface area contributed by atoms with Crippen LogP contribution in [0.4, 0.5) is 4.79 Å². The summed E-state index contributed by atoms with van der Waals surface area (Å²) in [7, 11) is 0. The van der Waals surface area contributed by atoms with Gasteiger partial charge in [-0.25, -0.2) is 4.79 Å². The predicted molar refractivity (Wildman–Crippen MR) is 64.3 cm³/mol. The zero-order valence-corrected chi connectivity index (χ0v) is 11.5. The van der Waals surface area contributed by atoms with E-state index in [1.54, 1.807) is 13.8 Å². The van der Waals surface area contributed by atoms with Gasteiger partial charge in [0.25, 0.3) is 0 Å². The van der Waals surface area contributed by atoms with Crippen LogP contribution < -0.4 is 0 Å². The van der Waals surface area contributed by atoms with Crippen molar-refractivity contribution >= 4 is 18.1 Å². The van der Waals surface area contributed by atoms with Gasteiger partial charge in [-0.15, -0.1) is 0 Å². The molecule has 0 bridgehead atoms. The summed E-state index contributed by atoms with van der Waals surface area (Å²) in [6.07, 6.45) is -0.444. The molecule has 0 N–H and O–H groups in total. The molecule has 0 aliphatic heterocycles. The lowest BCUT2D eigenvalue weighted by Gasteiger charge is -2.08. The van der Waals surface area contributed by atoms with Crippen LogP contribution in [0.1, 0.15) is 27.2 Å². The lowest BCUT2D eigenvalue weighted by molar-refractivity contribution is -0.148. The van der Waals surface area contributed by atoms with Gasteiger partial charge < -0.3 is 18.9 Å². The molecule has 0 heterocycles. The molecule has 0 atom stereocenters. The fraction of sp³-hybridized carbons (Fsp3) is 0.750. The van der Waals surface area contributed by atoms with Crippen LogP contribution in [-0.2, 0) is 28.5 Å². The topological polar surface area (TPSA) is 88.1 Å². The molecule has 0 aromatic heterocycles. The van der Waals surface area contributed by atoms with E-state index in [1.165, 1.54) is 6.92 Å². The second-order valence-electron chi connectivity index (χ2n) is 3.96. The van der Waals surface area contributed by atoms with Gasteiger partial charge in [0.2, 0.25) is 0 Å². The predicted octanol–water partition coefficient (Wildman–Crippen LogP) is 1.29. The number of ether oxygens (including phenoxy) is 4. The van der Waals surface area contributed by atoms with Crippen LogP contribution in [0.3, 0.4) is 0 Å². The molecule has 0 aromatic rings. The highest BCUT2D eigenvalue weighted by Crippen LogP contribution is 1.96. The highest BCUT2D eigenvalue weighted by atomic mass is 16.7. The highest BCUT2D eigenvalue weighted by Gasteiger charge is 2.09. The van der Waals surface area contributed by atoms with Crippen molar-refractivity contribution < 1.29 is 33.3 Å². The van der Waals surface area contributed by atoms with E-state index in [-0.39, 0.29) is 44.3 Å². The summed E-state index contributed by atoms with van der Waals surface area (Å²) in [5.41, 5.74) is 0. The summed E-state index contributed by atoms with van der Waals surface area (Å²) in [5, 5.41) is 0. The van der Waals surface area contributed by atoms with Crippen molar-refractivity contribution in [3.63, 3.8) is 0 Å². The quantitative estimate of drug-likeness (QED) is 0.375. The normalized spacial score (nSPS) is 9.89. The lowest BCUT2D eigenvalue weighted by atomic mass is 10.2. The molecule has 0 aliphatic carbocycles. The average molecular weight is 276 g/mol. The summed E-state index contributed by atoms with van der Waals surface area (Å²) in [4.78, 5) is 32.5. The largest absolute Gasteiger partial charge is 0.508 e. The summed E-state index contributed by atoms with van der Waals surface area (Å²) < 4.78 is 18.8. The van der Waals surface area contributed by atoms with Crippen molar-refractivity contribution in [3.05, 3.63) is 0 Å². The molecule has 0 saturated carbocycles. The summed E-state index contributed by atoms with van der Waals surface area (Å²) in [5.74, 6) is -0.943. The Morgan fingerprint density at radius 2 is 1.37 bits per heavy atom. The van der Waals surface area contributed by atoms with Crippen LogP contribution >= 0.6 is 0 Å². The standard InChI is InChI=1S/C12H20O7/c1-9(2)11(14)17-7-8-19-12(15)18-6-4-5-16-10(3)13/h9H,4-8H2,1-3H3. The molecule has 0 unspecified atom stereocenters. The van der Waals surface area contributed by atoms with Gasteiger partial charge in [0.15, 0.2) is 0 Å². The molecule has 0 amide bonds. The van der Waals surface area contributed by atoms with Crippen molar-refractivity contribution in [1.29, 1.82) is 0 Å². The molecule has 19 heavy (non-hydrogen) atoms. The Morgan fingerprint density at radius 3 is 1.95 bits per heavy atom. The molecule has 0 fully saturated rings. The molecule has 0 rings (SSSR count). The maximum absolute atomic E-state index is 11.1. The molecule has 0 aliphatic rings. The Balaban J connectivity index is 3.40. The first kappa shape index (κ1) is 17.2. The Kier molecular flexibility index (Phi) is 9.20. The van der Waals surface area contributed by atoms with E-state index in [1.807, 2.05) is 0 Å². The van der Waals surface area contributed by atoms with Crippen molar-refractivity contribution in [3.8, 4) is 0 Å². The smallest absolute Gasteiger partial charge is 0.466 e. The minimum absolute atomic E-state index is 0.000436. The monoisotopic (exact) mass is 276 g/mol. The average Bonchev–Trinajstić information content (AvgIpc) is 2.33. The van der Waals surface area contributed by atoms with Gasteiger partial charge in [0, 0.05) is 13.3 Å². The number of carbonyl (C=O) groups is 3. The van der Waals surface area contributed by atoms with Gasteiger partial charge in [-0.3, -0.25) is 9.59 Å². The van der Waals surface area contributed by atoms with Gasteiger partial charge in [-0.05, 0) is 0 Å². The third-order valence-corrected chi connectivity index (χ3v) is 1.83. The van der Waals surface area contributed by atoms with Crippen LogP contribution in [0.5, 0.6) is 0 Å². The molecule has 0 spiro atoms. The Bertz CT molecular complexity index is 298. The Hall–Kier alpha value is -1.79. The number of hydrogen-bond donors (Lipinski definition) is 0. The van der Waals surface area contributed by atoms with E-state index in [4.69, 9.17) is 4.74 Å². The Labute approximate surface area is 112 Å². The molecule has 0 saturated heterocycles. The molecule has 110 valence electrons. The zero-order chi connectivity index (χ0) is 14.7. The summed E-state index contributed by atoms with van der Waals surface area (Å²) in [6, 6.07) is 0. The fourth-order valence-electron chi connectivity index (χ4n) is 0.906. The van der Waals surface area contributed by atoms with E-state index >= 15 is 0 Å². The highest BCUT2D eigenvalue weighted by molar-refractivity contribution is 5.71. The Morgan fingerprint density at radius 1 is 0.842 bits per heavy atom. The van der Waals surface area contributed by atoms with Crippen molar-refractivity contribution in [2.75, 3.05) is 26.4 Å². The molecular weight excluding hydrogens is 256 g/mol. The number of hydrogen-bond acceptors (Lipinski definition) is 7. The van der Waals surface area contributed by atoms with E-state index < -0.39 is 6.16 Å². The van der Waals surface area contributed by atoms with Crippen LogP contribution in [0, 0.1) is 5.92 Å². The van der Waals surface area contributed by atoms with Gasteiger partial charge in [-0.2, -0.15) is 0 Å². The first-order chi connectivity index (χ1) is 8.93. The van der Waals surface area contributed by atoms with Gasteiger partial charge in [0.1, 0.15) is 13.2 Å². The van der Waals surface area contributed by atoms with E-state index in [2.05, 4.69) is 14.2 Å². The first-order valence-electron chi connectivity index (χ1n) is 6.03. The molecular formula is C12H20O7. The molecule has 0 radical (unpaired) electrons. The van der Waals surface area contributed by atoms with E-state index in [9.17, 15) is 14.4 Å². The summed E-state index contributed by atoms with van der Waals surface area (Å²) in [6.45, 7) is 4.95. The van der Waals surface area contributed by atoms with E-state index in [0.29, 0.717) is 6.42 Å². The number of rotatable bonds is 8. The minimum Gasteiger partial charge on any atom is -0.466 e. The van der Waals surface area contributed by atoms with Crippen molar-refractivity contribution in [2.45, 2.75) is 27.2 Å². The fourth-order valence-corrected chi connectivity index (χ4v) is 0.906. The van der Waals surface area contributed by atoms with Gasteiger partial charge in [-0.1, -0.05) is 13.8 Å². The maximum atomic E-state index is 11.1. The lowest BCUT2D eigenvalue weighted by Crippen LogP contribution is -2.18. The van der Waals surface area contributed by atoms with Crippen LogP contribution in [-0.4, -0.2) is 44.5 Å². The second kappa shape index (κ2) is 10.2. The first-order valence-corrected chi connectivity index (χ1v) is 6.03. The van der Waals surface area contributed by atoms with Crippen LogP contribution in [0.25, 0.3) is 0 Å². The zero-order valence-electron chi connectivity index (χ0n) is 11.5. The van der Waals surface area contributed by atoms with Crippen molar-refractivity contribution in [2.24, 2.45) is 5.92 Å². The maximum Gasteiger partial charge on any atom is 0.508 e. The molecule has 7 heteroatoms.